The van der Waals surface area contributed by atoms with Gasteiger partial charge >= 0.3 is 0 Å². The van der Waals surface area contributed by atoms with Crippen molar-refractivity contribution < 1.29 is 9.53 Å². The molecule has 0 spiro atoms. The van der Waals surface area contributed by atoms with Crippen LogP contribution in [-0.2, 0) is 0 Å². The lowest BCUT2D eigenvalue weighted by molar-refractivity contribution is 0.0925. The molecule has 0 radical (unpaired) electrons. The minimum atomic E-state index is -0.0117. The van der Waals surface area contributed by atoms with Crippen LogP contribution in [0, 0.1) is 5.92 Å². The van der Waals surface area contributed by atoms with Crippen LogP contribution in [0.15, 0.2) is 24.3 Å². The summed E-state index contributed by atoms with van der Waals surface area (Å²) in [6.07, 6.45) is 1.71. The molecule has 1 rings (SSSR count). The molecule has 0 aliphatic rings. The smallest absolute Gasteiger partial charge is 0.165 e. The fraction of sp³-hybridized carbons (Fsp3) is 0.500. The summed E-state index contributed by atoms with van der Waals surface area (Å²) in [6.45, 7) is 5.23. The molecule has 0 bridgehead atoms. The largest absolute Gasteiger partial charge is 0.494 e. The van der Waals surface area contributed by atoms with Gasteiger partial charge in [-0.15, -0.1) is 0 Å². The number of ether oxygens (including phenoxy) is 1. The maximum absolute atomic E-state index is 12.0. The summed E-state index contributed by atoms with van der Waals surface area (Å²) in [6, 6.07) is 7.33. The molecule has 3 nitrogen and oxygen atoms in total. The van der Waals surface area contributed by atoms with Crippen LogP contribution in [0.3, 0.4) is 0 Å². The molecular weight excluding hydrogens is 214 g/mol. The third kappa shape index (κ3) is 4.19. The second-order valence-electron chi connectivity index (χ2n) is 4.22. The summed E-state index contributed by atoms with van der Waals surface area (Å²) >= 11 is 0. The van der Waals surface area contributed by atoms with E-state index in [4.69, 9.17) is 10.5 Å². The van der Waals surface area contributed by atoms with Crippen LogP contribution in [0.2, 0.25) is 0 Å². The van der Waals surface area contributed by atoms with E-state index in [1.165, 1.54) is 0 Å². The first-order chi connectivity index (χ1) is 8.19. The van der Waals surface area contributed by atoms with Gasteiger partial charge in [0.15, 0.2) is 5.78 Å². The normalized spacial score (nSPS) is 12.2. The molecule has 1 atom stereocenters. The maximum atomic E-state index is 12.0. The molecule has 0 saturated heterocycles. The van der Waals surface area contributed by atoms with Crippen LogP contribution >= 0.6 is 0 Å². The SMILES string of the molecule is CCCOc1ccc(C(=O)C(C)CCN)cc1. The van der Waals surface area contributed by atoms with E-state index in [9.17, 15) is 4.79 Å². The number of Topliss-reactive ketones (excluding diaryl/α,β-unsaturated/α-hetero) is 1. The lowest BCUT2D eigenvalue weighted by atomic mass is 9.96. The maximum Gasteiger partial charge on any atom is 0.165 e. The minimum absolute atomic E-state index is 0.0117. The van der Waals surface area contributed by atoms with Gasteiger partial charge in [0.05, 0.1) is 6.61 Å². The van der Waals surface area contributed by atoms with E-state index < -0.39 is 0 Å². The molecule has 0 saturated carbocycles. The number of ketones is 1. The van der Waals surface area contributed by atoms with Gasteiger partial charge in [-0.05, 0) is 43.7 Å². The molecule has 0 heterocycles. The van der Waals surface area contributed by atoms with Crippen LogP contribution < -0.4 is 10.5 Å². The fourth-order valence-corrected chi connectivity index (χ4v) is 1.60. The molecule has 94 valence electrons. The van der Waals surface area contributed by atoms with E-state index >= 15 is 0 Å². The van der Waals surface area contributed by atoms with Gasteiger partial charge in [0, 0.05) is 11.5 Å². The van der Waals surface area contributed by atoms with E-state index in [-0.39, 0.29) is 11.7 Å². The average Bonchev–Trinajstić information content (AvgIpc) is 2.36. The Labute approximate surface area is 103 Å². The standard InChI is InChI=1S/C14H21NO2/c1-3-10-17-13-6-4-12(5-7-13)14(16)11(2)8-9-15/h4-7,11H,3,8-10,15H2,1-2H3. The summed E-state index contributed by atoms with van der Waals surface area (Å²) in [4.78, 5) is 12.0. The first-order valence-corrected chi connectivity index (χ1v) is 6.16. The topological polar surface area (TPSA) is 52.3 Å². The van der Waals surface area contributed by atoms with Crippen molar-refractivity contribution in [2.45, 2.75) is 26.7 Å². The Morgan fingerprint density at radius 2 is 2.00 bits per heavy atom. The Morgan fingerprint density at radius 3 is 2.53 bits per heavy atom. The van der Waals surface area contributed by atoms with Crippen LogP contribution in [0.4, 0.5) is 0 Å². The number of carbonyl (C=O) groups is 1. The number of carbonyl (C=O) groups excluding carboxylic acids is 1. The van der Waals surface area contributed by atoms with Crippen molar-refractivity contribution in [3.05, 3.63) is 29.8 Å². The number of hydrogen-bond acceptors (Lipinski definition) is 3. The number of benzene rings is 1. The van der Waals surface area contributed by atoms with Gasteiger partial charge in [0.2, 0.25) is 0 Å². The van der Waals surface area contributed by atoms with Crippen LogP contribution in [0.25, 0.3) is 0 Å². The number of rotatable bonds is 7. The van der Waals surface area contributed by atoms with Crippen molar-refractivity contribution in [3.63, 3.8) is 0 Å². The van der Waals surface area contributed by atoms with Crippen molar-refractivity contribution in [1.29, 1.82) is 0 Å². The second-order valence-corrected chi connectivity index (χ2v) is 4.22. The molecule has 0 aromatic heterocycles. The molecule has 17 heavy (non-hydrogen) atoms. The molecule has 0 fully saturated rings. The summed E-state index contributed by atoms with van der Waals surface area (Å²) in [5.74, 6) is 0.953. The van der Waals surface area contributed by atoms with Crippen molar-refractivity contribution in [1.82, 2.24) is 0 Å². The van der Waals surface area contributed by atoms with Crippen LogP contribution in [-0.4, -0.2) is 18.9 Å². The monoisotopic (exact) mass is 235 g/mol. The zero-order valence-corrected chi connectivity index (χ0v) is 10.6. The Morgan fingerprint density at radius 1 is 1.35 bits per heavy atom. The molecule has 1 aromatic carbocycles. The highest BCUT2D eigenvalue weighted by atomic mass is 16.5. The number of hydrogen-bond donors (Lipinski definition) is 1. The Kier molecular flexibility index (Phi) is 5.70. The van der Waals surface area contributed by atoms with Crippen LogP contribution in [0.5, 0.6) is 5.75 Å². The average molecular weight is 235 g/mol. The van der Waals surface area contributed by atoms with Crippen molar-refractivity contribution in [2.24, 2.45) is 11.7 Å². The summed E-state index contributed by atoms with van der Waals surface area (Å²) in [7, 11) is 0. The van der Waals surface area contributed by atoms with Crippen molar-refractivity contribution >= 4 is 5.78 Å². The first-order valence-electron chi connectivity index (χ1n) is 6.16. The highest BCUT2D eigenvalue weighted by molar-refractivity contribution is 5.97. The highest BCUT2D eigenvalue weighted by Gasteiger charge is 2.14. The first kappa shape index (κ1) is 13.7. The summed E-state index contributed by atoms with van der Waals surface area (Å²) in [5.41, 5.74) is 6.18. The van der Waals surface area contributed by atoms with E-state index in [2.05, 4.69) is 6.92 Å². The van der Waals surface area contributed by atoms with Crippen LogP contribution in [0.1, 0.15) is 37.0 Å². The third-order valence-corrected chi connectivity index (χ3v) is 2.66. The predicted octanol–water partition coefficient (Wildman–Crippen LogP) is 2.64. The summed E-state index contributed by atoms with van der Waals surface area (Å²) in [5, 5.41) is 0. The molecule has 0 aliphatic heterocycles. The predicted molar refractivity (Wildman–Crippen MR) is 69.4 cm³/mol. The highest BCUT2D eigenvalue weighted by Crippen LogP contribution is 2.16. The number of nitrogens with two attached hydrogens (primary N) is 1. The molecule has 3 heteroatoms. The third-order valence-electron chi connectivity index (χ3n) is 2.66. The van der Waals surface area contributed by atoms with Gasteiger partial charge in [0.1, 0.15) is 5.75 Å². The molecule has 2 N–H and O–H groups in total. The Bertz CT molecular complexity index is 346. The Hall–Kier alpha value is -1.35. The molecule has 1 unspecified atom stereocenters. The van der Waals surface area contributed by atoms with Gasteiger partial charge in [-0.25, -0.2) is 0 Å². The second kappa shape index (κ2) is 7.07. The molecular formula is C14H21NO2. The lowest BCUT2D eigenvalue weighted by Gasteiger charge is -2.10. The van der Waals surface area contributed by atoms with Gasteiger partial charge in [-0.1, -0.05) is 13.8 Å². The quantitative estimate of drug-likeness (QED) is 0.739. The van der Waals surface area contributed by atoms with Gasteiger partial charge < -0.3 is 10.5 Å². The zero-order valence-electron chi connectivity index (χ0n) is 10.6. The molecule has 0 aliphatic carbocycles. The van der Waals surface area contributed by atoms with Gasteiger partial charge in [0.25, 0.3) is 0 Å². The van der Waals surface area contributed by atoms with Crippen molar-refractivity contribution in [3.8, 4) is 5.75 Å². The van der Waals surface area contributed by atoms with Gasteiger partial charge in [-0.3, -0.25) is 4.79 Å². The van der Waals surface area contributed by atoms with E-state index in [1.54, 1.807) is 0 Å². The molecule has 1 aromatic rings. The van der Waals surface area contributed by atoms with Gasteiger partial charge in [-0.2, -0.15) is 0 Å². The molecule has 0 amide bonds. The van der Waals surface area contributed by atoms with Crippen molar-refractivity contribution in [2.75, 3.05) is 13.2 Å². The fourth-order valence-electron chi connectivity index (χ4n) is 1.60. The minimum Gasteiger partial charge on any atom is -0.494 e. The zero-order chi connectivity index (χ0) is 12.7. The van der Waals surface area contributed by atoms with E-state index in [0.29, 0.717) is 13.2 Å². The van der Waals surface area contributed by atoms with E-state index in [0.717, 1.165) is 24.2 Å². The summed E-state index contributed by atoms with van der Waals surface area (Å²) < 4.78 is 5.47. The Balaban J connectivity index is 2.63. The lowest BCUT2D eigenvalue weighted by Crippen LogP contribution is -2.15. The van der Waals surface area contributed by atoms with E-state index in [1.807, 2.05) is 31.2 Å².